The molecule has 92 valence electrons. The molecule has 0 saturated heterocycles. The van der Waals surface area contributed by atoms with E-state index in [4.69, 9.17) is 4.74 Å². The van der Waals surface area contributed by atoms with Crippen LogP contribution in [0.5, 0.6) is 0 Å². The molecule has 1 heterocycles. The zero-order chi connectivity index (χ0) is 13.0. The van der Waals surface area contributed by atoms with Gasteiger partial charge in [0.05, 0.1) is 0 Å². The van der Waals surface area contributed by atoms with E-state index in [0.717, 1.165) is 0 Å². The van der Waals surface area contributed by atoms with E-state index >= 15 is 0 Å². The van der Waals surface area contributed by atoms with E-state index < -0.39 is 22.8 Å². The predicted molar refractivity (Wildman–Crippen MR) is 58.0 cm³/mol. The van der Waals surface area contributed by atoms with Crippen molar-refractivity contribution in [3.05, 3.63) is 21.9 Å². The SMILES string of the molecule is CCCC(=O)OC1=CC(C)=NC(=O)C1[N+](=O)[O-]. The highest BCUT2D eigenvalue weighted by atomic mass is 16.6. The zero-order valence-corrected chi connectivity index (χ0v) is 9.50. The third kappa shape index (κ3) is 3.20. The maximum atomic E-state index is 11.3. The van der Waals surface area contributed by atoms with E-state index in [0.29, 0.717) is 6.42 Å². The molecule has 0 bridgehead atoms. The van der Waals surface area contributed by atoms with E-state index in [1.54, 1.807) is 6.92 Å². The molecular formula is C10H12N2O5. The summed E-state index contributed by atoms with van der Waals surface area (Å²) < 4.78 is 4.83. The Hall–Kier alpha value is -2.05. The van der Waals surface area contributed by atoms with Gasteiger partial charge in [-0.2, -0.15) is 0 Å². The molecular weight excluding hydrogens is 228 g/mol. The van der Waals surface area contributed by atoms with Gasteiger partial charge >= 0.3 is 17.9 Å². The summed E-state index contributed by atoms with van der Waals surface area (Å²) in [5.41, 5.74) is 0.285. The molecule has 1 unspecified atom stereocenters. The number of dihydropyridines is 1. The van der Waals surface area contributed by atoms with Crippen molar-refractivity contribution in [3.8, 4) is 0 Å². The van der Waals surface area contributed by atoms with E-state index in [9.17, 15) is 19.7 Å². The molecule has 0 aliphatic carbocycles. The number of aliphatic imine (C=N–C) groups is 1. The number of carbonyl (C=O) groups is 2. The number of amides is 1. The van der Waals surface area contributed by atoms with Gasteiger partial charge in [-0.1, -0.05) is 6.92 Å². The van der Waals surface area contributed by atoms with Crippen LogP contribution in [0.3, 0.4) is 0 Å². The molecule has 1 aliphatic rings. The summed E-state index contributed by atoms with van der Waals surface area (Å²) in [6, 6.07) is -1.71. The first-order valence-electron chi connectivity index (χ1n) is 5.10. The normalized spacial score (nSPS) is 19.4. The first kappa shape index (κ1) is 13.0. The van der Waals surface area contributed by atoms with E-state index in [2.05, 4.69) is 4.99 Å². The molecule has 17 heavy (non-hydrogen) atoms. The van der Waals surface area contributed by atoms with Gasteiger partial charge in [-0.15, -0.1) is 0 Å². The Morgan fingerprint density at radius 3 is 2.82 bits per heavy atom. The summed E-state index contributed by atoms with van der Waals surface area (Å²) in [7, 11) is 0. The number of ether oxygens (including phenoxy) is 1. The molecule has 0 spiro atoms. The second-order valence-electron chi connectivity index (χ2n) is 3.55. The molecule has 1 rings (SSSR count). The van der Waals surface area contributed by atoms with Crippen LogP contribution in [0.25, 0.3) is 0 Å². The minimum atomic E-state index is -1.71. The molecule has 7 nitrogen and oxygen atoms in total. The zero-order valence-electron chi connectivity index (χ0n) is 9.50. The first-order valence-corrected chi connectivity index (χ1v) is 5.10. The molecule has 0 fully saturated rings. The molecule has 0 aromatic carbocycles. The maximum Gasteiger partial charge on any atom is 0.348 e. The molecule has 7 heteroatoms. The van der Waals surface area contributed by atoms with Gasteiger partial charge in [0.1, 0.15) is 0 Å². The quantitative estimate of drug-likeness (QED) is 0.412. The molecule has 0 saturated carbocycles. The van der Waals surface area contributed by atoms with E-state index in [-0.39, 0.29) is 17.9 Å². The molecule has 0 aromatic rings. The monoisotopic (exact) mass is 240 g/mol. The molecule has 1 aliphatic heterocycles. The second-order valence-corrected chi connectivity index (χ2v) is 3.55. The lowest BCUT2D eigenvalue weighted by Gasteiger charge is -2.14. The van der Waals surface area contributed by atoms with Gasteiger partial charge in [-0.05, 0) is 13.3 Å². The van der Waals surface area contributed by atoms with Crippen molar-refractivity contribution in [2.24, 2.45) is 4.99 Å². The van der Waals surface area contributed by atoms with Crippen molar-refractivity contribution < 1.29 is 19.2 Å². The summed E-state index contributed by atoms with van der Waals surface area (Å²) in [6.07, 6.45) is 1.95. The number of hydrogen-bond donors (Lipinski definition) is 0. The van der Waals surface area contributed by atoms with Crippen LogP contribution >= 0.6 is 0 Å². The fourth-order valence-electron chi connectivity index (χ4n) is 1.34. The Labute approximate surface area is 97.3 Å². The van der Waals surface area contributed by atoms with Gasteiger partial charge in [-0.25, -0.2) is 4.99 Å². The van der Waals surface area contributed by atoms with Crippen LogP contribution < -0.4 is 0 Å². The lowest BCUT2D eigenvalue weighted by Crippen LogP contribution is -2.35. The highest BCUT2D eigenvalue weighted by molar-refractivity contribution is 6.06. The average molecular weight is 240 g/mol. The summed E-state index contributed by atoms with van der Waals surface area (Å²) in [5, 5.41) is 10.7. The Morgan fingerprint density at radius 1 is 1.65 bits per heavy atom. The lowest BCUT2D eigenvalue weighted by atomic mass is 10.1. The Bertz CT molecular complexity index is 424. The third-order valence-electron chi connectivity index (χ3n) is 2.04. The van der Waals surface area contributed by atoms with Gasteiger partial charge in [0.2, 0.25) is 0 Å². The van der Waals surface area contributed by atoms with Crippen molar-refractivity contribution >= 4 is 17.6 Å². The van der Waals surface area contributed by atoms with Crippen molar-refractivity contribution in [2.75, 3.05) is 0 Å². The molecule has 0 radical (unpaired) electrons. The largest absolute Gasteiger partial charge is 0.423 e. The molecule has 1 atom stereocenters. The Balaban J connectivity index is 2.92. The minimum absolute atomic E-state index is 0.145. The van der Waals surface area contributed by atoms with Crippen LogP contribution in [-0.4, -0.2) is 28.6 Å². The van der Waals surface area contributed by atoms with Gasteiger partial charge in [0.25, 0.3) is 0 Å². The van der Waals surface area contributed by atoms with Gasteiger partial charge in [0, 0.05) is 23.1 Å². The summed E-state index contributed by atoms with van der Waals surface area (Å²) in [4.78, 5) is 35.9. The lowest BCUT2D eigenvalue weighted by molar-refractivity contribution is -0.501. The predicted octanol–water partition coefficient (Wildman–Crippen LogP) is 0.860. The first-order chi connectivity index (χ1) is 7.95. The van der Waals surface area contributed by atoms with Crippen LogP contribution in [0.15, 0.2) is 16.8 Å². The van der Waals surface area contributed by atoms with E-state index in [1.807, 2.05) is 0 Å². The average Bonchev–Trinajstić information content (AvgIpc) is 2.15. The summed E-state index contributed by atoms with van der Waals surface area (Å²) in [6.45, 7) is 3.28. The maximum absolute atomic E-state index is 11.3. The van der Waals surface area contributed by atoms with Crippen molar-refractivity contribution in [2.45, 2.75) is 32.7 Å². The summed E-state index contributed by atoms with van der Waals surface area (Å²) in [5.74, 6) is -1.77. The molecule has 0 aromatic heterocycles. The summed E-state index contributed by atoms with van der Waals surface area (Å²) >= 11 is 0. The highest BCUT2D eigenvalue weighted by Crippen LogP contribution is 2.16. The fraction of sp³-hybridized carbons (Fsp3) is 0.500. The van der Waals surface area contributed by atoms with E-state index in [1.165, 1.54) is 13.0 Å². The molecule has 0 N–H and O–H groups in total. The number of nitrogens with zero attached hydrogens (tertiary/aromatic N) is 2. The van der Waals surface area contributed by atoms with Crippen LogP contribution in [0, 0.1) is 10.1 Å². The van der Waals surface area contributed by atoms with Crippen LogP contribution in [0.2, 0.25) is 0 Å². The number of hydrogen-bond acceptors (Lipinski definition) is 5. The van der Waals surface area contributed by atoms with Gasteiger partial charge in [0.15, 0.2) is 5.76 Å². The number of rotatable bonds is 4. The van der Waals surface area contributed by atoms with Crippen LogP contribution in [0.4, 0.5) is 0 Å². The standard InChI is InChI=1S/C10H12N2O5/c1-3-4-8(13)17-7-5-6(2)11-10(14)9(7)12(15)16/h5,9H,3-4H2,1-2H3. The van der Waals surface area contributed by atoms with Crippen LogP contribution in [0.1, 0.15) is 26.7 Å². The Morgan fingerprint density at radius 2 is 2.29 bits per heavy atom. The minimum Gasteiger partial charge on any atom is -0.423 e. The Kier molecular flexibility index (Phi) is 4.08. The van der Waals surface area contributed by atoms with Crippen molar-refractivity contribution in [3.63, 3.8) is 0 Å². The van der Waals surface area contributed by atoms with Gasteiger partial charge in [-0.3, -0.25) is 19.7 Å². The molecule has 1 amide bonds. The fourth-order valence-corrected chi connectivity index (χ4v) is 1.34. The van der Waals surface area contributed by atoms with Crippen molar-refractivity contribution in [1.82, 2.24) is 0 Å². The van der Waals surface area contributed by atoms with Crippen molar-refractivity contribution in [1.29, 1.82) is 0 Å². The smallest absolute Gasteiger partial charge is 0.348 e. The second kappa shape index (κ2) is 5.33. The van der Waals surface area contributed by atoms with Crippen LogP contribution in [-0.2, 0) is 14.3 Å². The topological polar surface area (TPSA) is 98.9 Å². The van der Waals surface area contributed by atoms with Gasteiger partial charge < -0.3 is 4.74 Å². The number of esters is 1. The number of nitro groups is 1. The third-order valence-corrected chi connectivity index (χ3v) is 2.04. The number of allylic oxidation sites excluding steroid dienone is 1. The number of carbonyl (C=O) groups excluding carboxylic acids is 2. The highest BCUT2D eigenvalue weighted by Gasteiger charge is 2.39.